The smallest absolute Gasteiger partial charge is 0.0824 e. The molecule has 4 heteroatoms. The summed E-state index contributed by atoms with van der Waals surface area (Å²) in [6.07, 6.45) is 0. The topological polar surface area (TPSA) is 52.0 Å². The molecule has 1 aromatic rings. The monoisotopic (exact) mass is 232 g/mol. The third kappa shape index (κ3) is 2.14. The summed E-state index contributed by atoms with van der Waals surface area (Å²) in [6.45, 7) is 4.07. The minimum absolute atomic E-state index is 0.111. The number of hydrogen-bond donors (Lipinski definition) is 2. The van der Waals surface area contributed by atoms with Crippen LogP contribution in [0.4, 0.5) is 5.69 Å². The highest BCUT2D eigenvalue weighted by Crippen LogP contribution is 2.35. The van der Waals surface area contributed by atoms with Gasteiger partial charge in [0.25, 0.3) is 0 Å². The van der Waals surface area contributed by atoms with Crippen LogP contribution in [0.1, 0.15) is 25.5 Å². The van der Waals surface area contributed by atoms with E-state index >= 15 is 0 Å². The first-order chi connectivity index (χ1) is 6.45. The first-order valence-electron chi connectivity index (χ1n) is 4.44. The summed E-state index contributed by atoms with van der Waals surface area (Å²) in [5.74, 6) is 0.312. The predicted molar refractivity (Wildman–Crippen MR) is 62.6 cm³/mol. The molecule has 1 aromatic carbocycles. The minimum Gasteiger partial charge on any atom is -0.397 e. The van der Waals surface area contributed by atoms with Gasteiger partial charge in [-0.25, -0.2) is 0 Å². The van der Waals surface area contributed by atoms with Crippen LogP contribution in [0.5, 0.6) is 0 Å². The SMILES string of the molecule is CC(C)[C@H](N)c1ccc(N)c(Cl)c1Cl. The minimum atomic E-state index is -0.111. The Morgan fingerprint density at radius 2 is 1.71 bits per heavy atom. The Hall–Kier alpha value is -0.440. The molecule has 0 spiro atoms. The summed E-state index contributed by atoms with van der Waals surface area (Å²) in [6, 6.07) is 3.44. The van der Waals surface area contributed by atoms with E-state index in [2.05, 4.69) is 0 Å². The Morgan fingerprint density at radius 1 is 1.14 bits per heavy atom. The molecule has 2 nitrogen and oxygen atoms in total. The lowest BCUT2D eigenvalue weighted by Crippen LogP contribution is -2.17. The van der Waals surface area contributed by atoms with E-state index in [1.165, 1.54) is 0 Å². The summed E-state index contributed by atoms with van der Waals surface area (Å²) in [5, 5.41) is 0.855. The summed E-state index contributed by atoms with van der Waals surface area (Å²) in [7, 11) is 0. The van der Waals surface area contributed by atoms with E-state index in [-0.39, 0.29) is 6.04 Å². The molecule has 0 saturated heterocycles. The normalized spacial score (nSPS) is 13.3. The Kier molecular flexibility index (Phi) is 3.65. The lowest BCUT2D eigenvalue weighted by molar-refractivity contribution is 0.514. The summed E-state index contributed by atoms with van der Waals surface area (Å²) in [4.78, 5) is 0. The number of nitrogens with two attached hydrogens (primary N) is 2. The third-order valence-corrected chi connectivity index (χ3v) is 3.13. The Labute approximate surface area is 94.2 Å². The summed E-state index contributed by atoms with van der Waals surface area (Å²) < 4.78 is 0. The Bertz CT molecular complexity index is 337. The lowest BCUT2D eigenvalue weighted by atomic mass is 9.97. The van der Waals surface area contributed by atoms with E-state index in [0.29, 0.717) is 21.7 Å². The van der Waals surface area contributed by atoms with Gasteiger partial charge in [0, 0.05) is 6.04 Å². The number of nitrogen functional groups attached to an aromatic ring is 1. The van der Waals surface area contributed by atoms with E-state index in [0.717, 1.165) is 5.56 Å². The maximum atomic E-state index is 6.05. The average Bonchev–Trinajstić information content (AvgIpc) is 2.13. The van der Waals surface area contributed by atoms with Gasteiger partial charge in [0.1, 0.15) is 0 Å². The number of anilines is 1. The first-order valence-corrected chi connectivity index (χ1v) is 5.19. The van der Waals surface area contributed by atoms with Crippen LogP contribution < -0.4 is 11.5 Å². The molecular weight excluding hydrogens is 219 g/mol. The molecule has 0 fully saturated rings. The van der Waals surface area contributed by atoms with E-state index in [1.807, 2.05) is 19.9 Å². The van der Waals surface area contributed by atoms with Gasteiger partial charge < -0.3 is 11.5 Å². The quantitative estimate of drug-likeness (QED) is 0.770. The van der Waals surface area contributed by atoms with E-state index < -0.39 is 0 Å². The zero-order chi connectivity index (χ0) is 10.9. The second-order valence-corrected chi connectivity index (χ2v) is 4.40. The molecule has 0 unspecified atom stereocenters. The van der Waals surface area contributed by atoms with Crippen molar-refractivity contribution < 1.29 is 0 Å². The highest BCUT2D eigenvalue weighted by molar-refractivity contribution is 6.44. The van der Waals surface area contributed by atoms with Gasteiger partial charge >= 0.3 is 0 Å². The largest absolute Gasteiger partial charge is 0.397 e. The Balaban J connectivity index is 3.17. The average molecular weight is 233 g/mol. The molecule has 1 rings (SSSR count). The molecule has 4 N–H and O–H groups in total. The van der Waals surface area contributed by atoms with Crippen molar-refractivity contribution in [2.75, 3.05) is 5.73 Å². The zero-order valence-electron chi connectivity index (χ0n) is 8.22. The van der Waals surface area contributed by atoms with Crippen molar-refractivity contribution in [1.29, 1.82) is 0 Å². The van der Waals surface area contributed by atoms with E-state index in [9.17, 15) is 0 Å². The van der Waals surface area contributed by atoms with Crippen LogP contribution in [-0.4, -0.2) is 0 Å². The molecule has 0 aromatic heterocycles. The molecule has 0 radical (unpaired) electrons. The lowest BCUT2D eigenvalue weighted by Gasteiger charge is -2.18. The third-order valence-electron chi connectivity index (χ3n) is 2.22. The zero-order valence-corrected chi connectivity index (χ0v) is 9.73. The predicted octanol–water partition coefficient (Wildman–Crippen LogP) is 3.23. The van der Waals surface area contributed by atoms with E-state index in [1.54, 1.807) is 6.07 Å². The molecule has 0 aliphatic rings. The summed E-state index contributed by atoms with van der Waals surface area (Å²) >= 11 is 12.0. The van der Waals surface area contributed by atoms with Gasteiger partial charge in [0.2, 0.25) is 0 Å². The molecule has 14 heavy (non-hydrogen) atoms. The fourth-order valence-corrected chi connectivity index (χ4v) is 1.67. The molecule has 0 bridgehead atoms. The van der Waals surface area contributed by atoms with Gasteiger partial charge in [-0.3, -0.25) is 0 Å². The highest BCUT2D eigenvalue weighted by atomic mass is 35.5. The van der Waals surface area contributed by atoms with Crippen LogP contribution in [-0.2, 0) is 0 Å². The van der Waals surface area contributed by atoms with Gasteiger partial charge in [0.05, 0.1) is 15.7 Å². The van der Waals surface area contributed by atoms with Crippen molar-refractivity contribution in [3.8, 4) is 0 Å². The second-order valence-electron chi connectivity index (χ2n) is 3.64. The number of rotatable bonds is 2. The number of benzene rings is 1. The molecular formula is C10H14Cl2N2. The standard InChI is InChI=1S/C10H14Cl2N2/c1-5(2)10(14)6-3-4-7(13)9(12)8(6)11/h3-5,10H,13-14H2,1-2H3/t10-/m0/s1. The van der Waals surface area contributed by atoms with Gasteiger partial charge in [0.15, 0.2) is 0 Å². The molecule has 0 heterocycles. The number of halogens is 2. The van der Waals surface area contributed by atoms with Crippen LogP contribution in [0.15, 0.2) is 12.1 Å². The highest BCUT2D eigenvalue weighted by Gasteiger charge is 2.16. The molecule has 1 atom stereocenters. The molecule has 0 saturated carbocycles. The van der Waals surface area contributed by atoms with Crippen LogP contribution in [0.2, 0.25) is 10.0 Å². The van der Waals surface area contributed by atoms with Crippen LogP contribution in [0.25, 0.3) is 0 Å². The van der Waals surface area contributed by atoms with Gasteiger partial charge in [-0.15, -0.1) is 0 Å². The van der Waals surface area contributed by atoms with Gasteiger partial charge in [-0.2, -0.15) is 0 Å². The fourth-order valence-electron chi connectivity index (χ4n) is 1.20. The maximum absolute atomic E-state index is 6.05. The fraction of sp³-hybridized carbons (Fsp3) is 0.400. The van der Waals surface area contributed by atoms with Crippen molar-refractivity contribution in [2.24, 2.45) is 11.7 Å². The molecule has 0 amide bonds. The first kappa shape index (κ1) is 11.6. The second kappa shape index (κ2) is 4.39. The van der Waals surface area contributed by atoms with Crippen molar-refractivity contribution >= 4 is 28.9 Å². The van der Waals surface area contributed by atoms with Crippen LogP contribution in [0, 0.1) is 5.92 Å². The molecule has 78 valence electrons. The van der Waals surface area contributed by atoms with Gasteiger partial charge in [-0.05, 0) is 17.5 Å². The molecule has 0 aliphatic carbocycles. The number of hydrogen-bond acceptors (Lipinski definition) is 2. The van der Waals surface area contributed by atoms with Crippen LogP contribution in [0.3, 0.4) is 0 Å². The Morgan fingerprint density at radius 3 is 2.21 bits per heavy atom. The van der Waals surface area contributed by atoms with Crippen molar-refractivity contribution in [3.05, 3.63) is 27.7 Å². The van der Waals surface area contributed by atoms with Crippen molar-refractivity contribution in [2.45, 2.75) is 19.9 Å². The maximum Gasteiger partial charge on any atom is 0.0824 e. The van der Waals surface area contributed by atoms with Gasteiger partial charge in [-0.1, -0.05) is 43.1 Å². The van der Waals surface area contributed by atoms with Crippen molar-refractivity contribution in [3.63, 3.8) is 0 Å². The van der Waals surface area contributed by atoms with Crippen molar-refractivity contribution in [1.82, 2.24) is 0 Å². The summed E-state index contributed by atoms with van der Waals surface area (Å²) in [5.41, 5.74) is 12.9. The van der Waals surface area contributed by atoms with Crippen LogP contribution >= 0.6 is 23.2 Å². The van der Waals surface area contributed by atoms with E-state index in [4.69, 9.17) is 34.7 Å². The molecule has 0 aliphatic heterocycles.